The van der Waals surface area contributed by atoms with Gasteiger partial charge in [-0.1, -0.05) is 0 Å². The normalized spacial score (nSPS) is 20.0. The van der Waals surface area contributed by atoms with Gasteiger partial charge in [-0.15, -0.1) is 0 Å². The number of aryl methyl sites for hydroxylation is 1. The SMILES string of the molecule is Cc1nc(OC2CCC(C(F)(F)F)CC2)c(F)c(-c2c[nH]c3ccnc(C(F)(F)F)c23)n1. The van der Waals surface area contributed by atoms with Crippen molar-refractivity contribution >= 4 is 10.9 Å². The zero-order valence-electron chi connectivity index (χ0n) is 16.6. The van der Waals surface area contributed by atoms with Crippen molar-refractivity contribution in [2.24, 2.45) is 5.92 Å². The standard InChI is InChI=1S/C20H17F7N4O/c1-9-30-16(12-8-29-13-6-7-28-17(14(12)13)20(25,26)27)15(21)18(31-9)32-11-4-2-10(3-5-11)19(22,23)24/h6-8,10-11,29H,2-5H2,1H3. The molecule has 0 bridgehead atoms. The molecule has 4 rings (SSSR count). The van der Waals surface area contributed by atoms with E-state index < -0.39 is 47.5 Å². The van der Waals surface area contributed by atoms with Crippen LogP contribution in [0.25, 0.3) is 22.2 Å². The maximum atomic E-state index is 15.2. The first-order valence-corrected chi connectivity index (χ1v) is 9.76. The van der Waals surface area contributed by atoms with Gasteiger partial charge in [0.25, 0.3) is 5.88 Å². The lowest BCUT2D eigenvalue weighted by Gasteiger charge is -2.30. The summed E-state index contributed by atoms with van der Waals surface area (Å²) < 4.78 is 99.8. The summed E-state index contributed by atoms with van der Waals surface area (Å²) in [5, 5.41) is -0.353. The van der Waals surface area contributed by atoms with Crippen LogP contribution in [0, 0.1) is 18.7 Å². The van der Waals surface area contributed by atoms with Crippen molar-refractivity contribution in [2.45, 2.75) is 51.1 Å². The molecule has 1 saturated carbocycles. The Kier molecular flexibility index (Phi) is 5.49. The molecule has 0 amide bonds. The van der Waals surface area contributed by atoms with E-state index in [4.69, 9.17) is 4.74 Å². The van der Waals surface area contributed by atoms with Crippen molar-refractivity contribution in [1.29, 1.82) is 0 Å². The number of aromatic nitrogens is 4. The smallest absolute Gasteiger partial charge is 0.434 e. The molecular weight excluding hydrogens is 445 g/mol. The van der Waals surface area contributed by atoms with Gasteiger partial charge < -0.3 is 9.72 Å². The van der Waals surface area contributed by atoms with E-state index >= 15 is 4.39 Å². The molecule has 0 atom stereocenters. The van der Waals surface area contributed by atoms with E-state index in [0.717, 1.165) is 6.20 Å². The monoisotopic (exact) mass is 462 g/mol. The Labute approximate surface area is 177 Å². The minimum Gasteiger partial charge on any atom is -0.472 e. The minimum atomic E-state index is -4.79. The summed E-state index contributed by atoms with van der Waals surface area (Å²) >= 11 is 0. The number of alkyl halides is 6. The number of halogens is 7. The molecule has 1 N–H and O–H groups in total. The van der Waals surface area contributed by atoms with E-state index in [-0.39, 0.29) is 48.0 Å². The molecule has 0 saturated heterocycles. The third-order valence-electron chi connectivity index (χ3n) is 5.46. The summed E-state index contributed by atoms with van der Waals surface area (Å²) in [6, 6.07) is 1.32. The third-order valence-corrected chi connectivity index (χ3v) is 5.46. The minimum absolute atomic E-state index is 0.0344. The molecule has 0 spiro atoms. The maximum Gasteiger partial charge on any atom is 0.434 e. The molecule has 0 radical (unpaired) electrons. The summed E-state index contributed by atoms with van der Waals surface area (Å²) in [6.07, 6.45) is -7.82. The van der Waals surface area contributed by atoms with Crippen LogP contribution in [0.1, 0.15) is 37.2 Å². The number of hydrogen-bond donors (Lipinski definition) is 1. The summed E-state index contributed by atoms with van der Waals surface area (Å²) in [6.45, 7) is 1.41. The van der Waals surface area contributed by atoms with Crippen molar-refractivity contribution in [3.63, 3.8) is 0 Å². The summed E-state index contributed by atoms with van der Waals surface area (Å²) in [5.41, 5.74) is -1.70. The van der Waals surface area contributed by atoms with Crippen molar-refractivity contribution < 1.29 is 35.5 Å². The highest BCUT2D eigenvalue weighted by molar-refractivity contribution is 5.96. The fraction of sp³-hybridized carbons (Fsp3) is 0.450. The lowest BCUT2D eigenvalue weighted by Crippen LogP contribution is -2.32. The molecule has 1 fully saturated rings. The van der Waals surface area contributed by atoms with Gasteiger partial charge in [-0.3, -0.25) is 4.98 Å². The first kappa shape index (κ1) is 22.3. The number of nitrogens with one attached hydrogen (secondary N) is 1. The molecule has 3 aromatic rings. The topological polar surface area (TPSA) is 63.7 Å². The quantitative estimate of drug-likeness (QED) is 0.486. The summed E-state index contributed by atoms with van der Waals surface area (Å²) in [5.74, 6) is -3.00. The lowest BCUT2D eigenvalue weighted by molar-refractivity contribution is -0.185. The highest BCUT2D eigenvalue weighted by Crippen LogP contribution is 2.41. The van der Waals surface area contributed by atoms with Gasteiger partial charge in [0.05, 0.1) is 5.92 Å². The largest absolute Gasteiger partial charge is 0.472 e. The Morgan fingerprint density at radius 3 is 2.34 bits per heavy atom. The van der Waals surface area contributed by atoms with Crippen molar-refractivity contribution in [2.75, 3.05) is 0 Å². The molecule has 3 aromatic heterocycles. The van der Waals surface area contributed by atoms with Crippen LogP contribution in [-0.2, 0) is 6.18 Å². The fourth-order valence-electron chi connectivity index (χ4n) is 3.93. The molecule has 1 aliphatic carbocycles. The van der Waals surface area contributed by atoms with Crippen LogP contribution in [0.2, 0.25) is 0 Å². The molecule has 0 unspecified atom stereocenters. The summed E-state index contributed by atoms with van der Waals surface area (Å²) in [4.78, 5) is 13.9. The van der Waals surface area contributed by atoms with Crippen LogP contribution in [0.15, 0.2) is 18.5 Å². The van der Waals surface area contributed by atoms with Crippen molar-refractivity contribution in [3.8, 4) is 17.1 Å². The number of aromatic amines is 1. The van der Waals surface area contributed by atoms with E-state index in [9.17, 15) is 26.3 Å². The van der Waals surface area contributed by atoms with Gasteiger partial charge in [0, 0.05) is 28.9 Å². The van der Waals surface area contributed by atoms with Gasteiger partial charge >= 0.3 is 12.4 Å². The number of rotatable bonds is 3. The first-order valence-electron chi connectivity index (χ1n) is 9.76. The number of hydrogen-bond acceptors (Lipinski definition) is 4. The van der Waals surface area contributed by atoms with Crippen LogP contribution < -0.4 is 4.74 Å². The van der Waals surface area contributed by atoms with E-state index in [1.54, 1.807) is 0 Å². The zero-order valence-corrected chi connectivity index (χ0v) is 16.6. The van der Waals surface area contributed by atoms with Gasteiger partial charge in [0.2, 0.25) is 5.82 Å². The second kappa shape index (κ2) is 7.89. The van der Waals surface area contributed by atoms with E-state index in [2.05, 4.69) is 19.9 Å². The second-order valence-corrected chi connectivity index (χ2v) is 7.65. The molecule has 3 heterocycles. The number of ether oxygens (including phenoxy) is 1. The number of nitrogens with zero attached hydrogens (tertiary/aromatic N) is 3. The molecule has 172 valence electrons. The predicted molar refractivity (Wildman–Crippen MR) is 99.2 cm³/mol. The molecule has 0 aliphatic heterocycles. The second-order valence-electron chi connectivity index (χ2n) is 7.65. The molecular formula is C20H17F7N4O. The van der Waals surface area contributed by atoms with Gasteiger partial charge in [-0.25, -0.2) is 4.98 Å². The first-order chi connectivity index (χ1) is 14.9. The number of pyridine rings is 1. The van der Waals surface area contributed by atoms with E-state index in [1.807, 2.05) is 0 Å². The Hall–Kier alpha value is -2.92. The van der Waals surface area contributed by atoms with Crippen molar-refractivity contribution in [1.82, 2.24) is 19.9 Å². The fourth-order valence-corrected chi connectivity index (χ4v) is 3.93. The van der Waals surface area contributed by atoms with Crippen LogP contribution >= 0.6 is 0 Å². The highest BCUT2D eigenvalue weighted by Gasteiger charge is 2.42. The molecule has 1 aliphatic rings. The number of fused-ring (bicyclic) bond motifs is 1. The molecule has 5 nitrogen and oxygen atoms in total. The highest BCUT2D eigenvalue weighted by atomic mass is 19.4. The van der Waals surface area contributed by atoms with E-state index in [1.165, 1.54) is 19.2 Å². The lowest BCUT2D eigenvalue weighted by atomic mass is 9.87. The predicted octanol–water partition coefficient (Wildman–Crippen LogP) is 5.99. The maximum absolute atomic E-state index is 15.2. The average molecular weight is 462 g/mol. The van der Waals surface area contributed by atoms with Crippen LogP contribution in [0.5, 0.6) is 5.88 Å². The average Bonchev–Trinajstić information content (AvgIpc) is 3.13. The molecule has 12 heteroatoms. The Bertz CT molecular complexity index is 1130. The van der Waals surface area contributed by atoms with Gasteiger partial charge in [-0.2, -0.15) is 35.7 Å². The van der Waals surface area contributed by atoms with Crippen LogP contribution in [-0.4, -0.2) is 32.2 Å². The number of H-pyrrole nitrogens is 1. The van der Waals surface area contributed by atoms with Crippen LogP contribution in [0.4, 0.5) is 30.7 Å². The van der Waals surface area contributed by atoms with Crippen LogP contribution in [0.3, 0.4) is 0 Å². The van der Waals surface area contributed by atoms with Gasteiger partial charge in [0.1, 0.15) is 17.6 Å². The zero-order chi connectivity index (χ0) is 23.3. The van der Waals surface area contributed by atoms with Gasteiger partial charge in [-0.05, 0) is 38.7 Å². The Morgan fingerprint density at radius 2 is 1.72 bits per heavy atom. The Balaban J connectivity index is 1.69. The molecule has 32 heavy (non-hydrogen) atoms. The Morgan fingerprint density at radius 1 is 1.03 bits per heavy atom. The van der Waals surface area contributed by atoms with E-state index in [0.29, 0.717) is 0 Å². The molecule has 0 aromatic carbocycles. The van der Waals surface area contributed by atoms with Gasteiger partial charge in [0.15, 0.2) is 5.69 Å². The summed E-state index contributed by atoms with van der Waals surface area (Å²) in [7, 11) is 0. The van der Waals surface area contributed by atoms with Crippen molar-refractivity contribution in [3.05, 3.63) is 35.8 Å². The third kappa shape index (κ3) is 4.22.